The van der Waals surface area contributed by atoms with Crippen molar-refractivity contribution in [3.05, 3.63) is 72.1 Å². The van der Waals surface area contributed by atoms with Crippen LogP contribution < -0.4 is 15.6 Å². The smallest absolute Gasteiger partial charge is 0.279 e. The van der Waals surface area contributed by atoms with E-state index in [9.17, 15) is 14.0 Å². The Kier molecular flexibility index (Phi) is 6.08. The van der Waals surface area contributed by atoms with Gasteiger partial charge in [0, 0.05) is 6.08 Å². The van der Waals surface area contributed by atoms with Gasteiger partial charge in [-0.1, -0.05) is 30.3 Å². The maximum atomic E-state index is 12.8. The third-order valence-corrected chi connectivity index (χ3v) is 3.03. The Balaban J connectivity index is 1.78. The van der Waals surface area contributed by atoms with Crippen LogP contribution in [0.3, 0.4) is 0 Å². The number of hydrogen-bond acceptors (Lipinski definition) is 3. The minimum absolute atomic E-state index is 0.356. The van der Waals surface area contributed by atoms with Crippen LogP contribution in [0.5, 0.6) is 5.75 Å². The van der Waals surface area contributed by atoms with Gasteiger partial charge in [-0.3, -0.25) is 20.4 Å². The molecule has 124 valence electrons. The van der Waals surface area contributed by atoms with E-state index in [1.165, 1.54) is 37.3 Å². The van der Waals surface area contributed by atoms with Crippen molar-refractivity contribution in [2.75, 3.05) is 0 Å². The van der Waals surface area contributed by atoms with Crippen LogP contribution in [0.4, 0.5) is 4.39 Å². The zero-order valence-electron chi connectivity index (χ0n) is 13.0. The number of carbonyl (C=O) groups is 2. The number of rotatable bonds is 5. The van der Waals surface area contributed by atoms with Gasteiger partial charge in [0.15, 0.2) is 6.10 Å². The summed E-state index contributed by atoms with van der Waals surface area (Å²) in [5.41, 5.74) is 5.39. The van der Waals surface area contributed by atoms with E-state index in [-0.39, 0.29) is 0 Å². The quantitative estimate of drug-likeness (QED) is 0.654. The van der Waals surface area contributed by atoms with Gasteiger partial charge in [0.05, 0.1) is 0 Å². The normalized spacial score (nSPS) is 11.8. The molecule has 0 aliphatic carbocycles. The highest BCUT2D eigenvalue weighted by Gasteiger charge is 2.14. The van der Waals surface area contributed by atoms with Gasteiger partial charge < -0.3 is 4.74 Å². The summed E-state index contributed by atoms with van der Waals surface area (Å²) in [6.07, 6.45) is 2.08. The highest BCUT2D eigenvalue weighted by atomic mass is 19.1. The summed E-state index contributed by atoms with van der Waals surface area (Å²) in [6.45, 7) is 1.52. The molecule has 0 spiro atoms. The number of hydrazine groups is 1. The Morgan fingerprint density at radius 3 is 2.38 bits per heavy atom. The van der Waals surface area contributed by atoms with Crippen molar-refractivity contribution in [2.45, 2.75) is 13.0 Å². The number of nitrogens with one attached hydrogen (secondary N) is 2. The van der Waals surface area contributed by atoms with Gasteiger partial charge in [0.1, 0.15) is 11.6 Å². The fraction of sp³-hybridized carbons (Fsp3) is 0.111. The molecule has 24 heavy (non-hydrogen) atoms. The summed E-state index contributed by atoms with van der Waals surface area (Å²) in [4.78, 5) is 23.5. The minimum Gasteiger partial charge on any atom is -0.481 e. The highest BCUT2D eigenvalue weighted by Crippen LogP contribution is 2.12. The molecule has 2 rings (SSSR count). The predicted molar refractivity (Wildman–Crippen MR) is 88.3 cm³/mol. The summed E-state index contributed by atoms with van der Waals surface area (Å²) < 4.78 is 18.1. The van der Waals surface area contributed by atoms with E-state index >= 15 is 0 Å². The van der Waals surface area contributed by atoms with Gasteiger partial charge >= 0.3 is 0 Å². The minimum atomic E-state index is -0.853. The first-order valence-corrected chi connectivity index (χ1v) is 7.30. The molecule has 0 unspecified atom stereocenters. The third kappa shape index (κ3) is 5.57. The third-order valence-electron chi connectivity index (χ3n) is 3.03. The van der Waals surface area contributed by atoms with Crippen molar-refractivity contribution in [1.29, 1.82) is 0 Å². The molecule has 0 fully saturated rings. The molecule has 0 bridgehead atoms. The van der Waals surface area contributed by atoms with Gasteiger partial charge in [0.25, 0.3) is 11.8 Å². The highest BCUT2D eigenvalue weighted by molar-refractivity contribution is 5.93. The summed E-state index contributed by atoms with van der Waals surface area (Å²) in [5, 5.41) is 0. The molecule has 0 aromatic heterocycles. The number of benzene rings is 2. The fourth-order valence-corrected chi connectivity index (χ4v) is 1.77. The van der Waals surface area contributed by atoms with E-state index in [4.69, 9.17) is 4.74 Å². The van der Waals surface area contributed by atoms with Gasteiger partial charge in [0.2, 0.25) is 0 Å². The Bertz CT molecular complexity index is 715. The van der Waals surface area contributed by atoms with Crippen LogP contribution in [-0.4, -0.2) is 17.9 Å². The maximum Gasteiger partial charge on any atom is 0.279 e. The molecule has 2 amide bonds. The molecule has 1 atom stereocenters. The lowest BCUT2D eigenvalue weighted by Gasteiger charge is -2.14. The zero-order chi connectivity index (χ0) is 17.4. The summed E-state index contributed by atoms with van der Waals surface area (Å²) in [7, 11) is 0. The Hall–Kier alpha value is -3.15. The van der Waals surface area contributed by atoms with E-state index in [0.717, 1.165) is 5.56 Å². The molecule has 5 nitrogen and oxygen atoms in total. The Morgan fingerprint density at radius 2 is 1.71 bits per heavy atom. The average Bonchev–Trinajstić information content (AvgIpc) is 2.60. The number of carbonyl (C=O) groups excluding carboxylic acids is 2. The number of halogens is 1. The maximum absolute atomic E-state index is 12.8. The fourth-order valence-electron chi connectivity index (χ4n) is 1.77. The average molecular weight is 328 g/mol. The SMILES string of the molecule is C[C@@H](Oc1ccc(F)cc1)C(=O)NNC(=O)/C=C/c1ccccc1. The Labute approximate surface area is 139 Å². The second kappa shape index (κ2) is 8.47. The second-order valence-electron chi connectivity index (χ2n) is 4.94. The zero-order valence-corrected chi connectivity index (χ0v) is 13.0. The predicted octanol–water partition coefficient (Wildman–Crippen LogP) is 2.45. The van der Waals surface area contributed by atoms with Crippen molar-refractivity contribution >= 4 is 17.9 Å². The van der Waals surface area contributed by atoms with Crippen LogP contribution in [-0.2, 0) is 9.59 Å². The molecule has 0 aliphatic heterocycles. The van der Waals surface area contributed by atoms with Crippen LogP contribution in [0.15, 0.2) is 60.7 Å². The lowest BCUT2D eigenvalue weighted by Crippen LogP contribution is -2.46. The molecule has 0 saturated carbocycles. The lowest BCUT2D eigenvalue weighted by atomic mass is 10.2. The van der Waals surface area contributed by atoms with Gasteiger partial charge in [-0.2, -0.15) is 0 Å². The number of amides is 2. The number of hydrogen-bond donors (Lipinski definition) is 2. The van der Waals surface area contributed by atoms with E-state index in [2.05, 4.69) is 10.9 Å². The van der Waals surface area contributed by atoms with Crippen molar-refractivity contribution < 1.29 is 18.7 Å². The summed E-state index contributed by atoms with van der Waals surface area (Å²) >= 11 is 0. The first kappa shape index (κ1) is 17.2. The second-order valence-corrected chi connectivity index (χ2v) is 4.94. The molecule has 0 saturated heterocycles. The molecule has 0 radical (unpaired) electrons. The number of ether oxygens (including phenoxy) is 1. The van der Waals surface area contributed by atoms with Crippen LogP contribution in [0.2, 0.25) is 0 Å². The summed E-state index contributed by atoms with van der Waals surface area (Å²) in [5.74, 6) is -1.03. The first-order valence-electron chi connectivity index (χ1n) is 7.30. The molecule has 2 N–H and O–H groups in total. The van der Waals surface area contributed by atoms with Crippen molar-refractivity contribution in [3.63, 3.8) is 0 Å². The van der Waals surface area contributed by atoms with Crippen LogP contribution >= 0.6 is 0 Å². The van der Waals surface area contributed by atoms with Gasteiger partial charge in [-0.25, -0.2) is 4.39 Å². The largest absolute Gasteiger partial charge is 0.481 e. The molecule has 0 heterocycles. The molecule has 0 aliphatic rings. The monoisotopic (exact) mass is 328 g/mol. The van der Waals surface area contributed by atoms with Crippen molar-refractivity contribution in [3.8, 4) is 5.75 Å². The van der Waals surface area contributed by atoms with Crippen LogP contribution in [0, 0.1) is 5.82 Å². The molecular formula is C18H17FN2O3. The Morgan fingerprint density at radius 1 is 1.04 bits per heavy atom. The lowest BCUT2D eigenvalue weighted by molar-refractivity contribution is -0.131. The van der Waals surface area contributed by atoms with Crippen molar-refractivity contribution in [1.82, 2.24) is 10.9 Å². The molecule has 2 aromatic rings. The topological polar surface area (TPSA) is 67.4 Å². The van der Waals surface area contributed by atoms with Crippen molar-refractivity contribution in [2.24, 2.45) is 0 Å². The van der Waals surface area contributed by atoms with E-state index < -0.39 is 23.7 Å². The van der Waals surface area contributed by atoms with E-state index in [0.29, 0.717) is 5.75 Å². The van der Waals surface area contributed by atoms with E-state index in [1.807, 2.05) is 30.3 Å². The molecule has 2 aromatic carbocycles. The first-order chi connectivity index (χ1) is 11.5. The van der Waals surface area contributed by atoms with Gasteiger partial charge in [-0.05, 0) is 42.8 Å². The summed E-state index contributed by atoms with van der Waals surface area (Å²) in [6, 6.07) is 14.6. The molecule has 6 heteroatoms. The standard InChI is InChI=1S/C18H17FN2O3/c1-13(24-16-10-8-15(19)9-11-16)18(23)21-20-17(22)12-7-14-5-3-2-4-6-14/h2-13H,1H3,(H,20,22)(H,21,23)/b12-7+/t13-/m1/s1. The van der Waals surface area contributed by atoms with Crippen LogP contribution in [0.25, 0.3) is 6.08 Å². The van der Waals surface area contributed by atoms with Gasteiger partial charge in [-0.15, -0.1) is 0 Å². The van der Waals surface area contributed by atoms with Crippen LogP contribution in [0.1, 0.15) is 12.5 Å². The molecular weight excluding hydrogens is 311 g/mol. The van der Waals surface area contributed by atoms with E-state index in [1.54, 1.807) is 6.08 Å².